The molecule has 16 heavy (non-hydrogen) atoms. The molecule has 86 valence electrons. The van der Waals surface area contributed by atoms with E-state index in [-0.39, 0.29) is 0 Å². The van der Waals surface area contributed by atoms with Gasteiger partial charge in [-0.15, -0.1) is 0 Å². The molecule has 0 aliphatic heterocycles. The maximum Gasteiger partial charge on any atom is 0.189 e. The summed E-state index contributed by atoms with van der Waals surface area (Å²) >= 11 is 3.11. The number of thioether (sulfide) groups is 1. The molecule has 0 fully saturated rings. The van der Waals surface area contributed by atoms with E-state index in [4.69, 9.17) is 5.73 Å². The first-order valence-corrected chi connectivity index (χ1v) is 7.11. The van der Waals surface area contributed by atoms with Gasteiger partial charge in [-0.2, -0.15) is 0 Å². The third-order valence-corrected chi connectivity index (χ3v) is 3.88. The molecule has 2 aromatic rings. The third kappa shape index (κ3) is 2.82. The number of nitrogen functional groups attached to an aromatic ring is 1. The van der Waals surface area contributed by atoms with Gasteiger partial charge in [-0.3, -0.25) is 0 Å². The molecule has 4 nitrogen and oxygen atoms in total. The predicted molar refractivity (Wildman–Crippen MR) is 69.9 cm³/mol. The Morgan fingerprint density at radius 2 is 2.25 bits per heavy atom. The van der Waals surface area contributed by atoms with Crippen LogP contribution in [0.5, 0.6) is 0 Å². The standard InChI is InChI=1S/C10H14N4S2/c1-2-3-4-5-15-10-12-6-7-8(14-10)13-9(11)16-7/h6H,2-5H2,1H3,(H2,11,12,13,14). The first-order valence-electron chi connectivity index (χ1n) is 5.31. The number of nitrogens with zero attached hydrogens (tertiary/aromatic N) is 3. The molecule has 2 aromatic heterocycles. The van der Waals surface area contributed by atoms with Crippen LogP contribution in [0.3, 0.4) is 0 Å². The second-order valence-electron chi connectivity index (χ2n) is 3.45. The minimum absolute atomic E-state index is 0.553. The number of thiazole rings is 1. The summed E-state index contributed by atoms with van der Waals surface area (Å²) in [6, 6.07) is 0. The average Bonchev–Trinajstić information content (AvgIpc) is 2.64. The van der Waals surface area contributed by atoms with Gasteiger partial charge in [0.2, 0.25) is 0 Å². The van der Waals surface area contributed by atoms with Gasteiger partial charge >= 0.3 is 0 Å². The van der Waals surface area contributed by atoms with Gasteiger partial charge in [0.15, 0.2) is 15.9 Å². The zero-order valence-electron chi connectivity index (χ0n) is 9.14. The van der Waals surface area contributed by atoms with Crippen molar-refractivity contribution in [3.63, 3.8) is 0 Å². The van der Waals surface area contributed by atoms with Crippen LogP contribution in [0, 0.1) is 0 Å². The number of nitrogens with two attached hydrogens (primary N) is 1. The number of anilines is 1. The SMILES string of the molecule is CCCCCSc1ncc2sc(N)nc2n1. The number of aromatic nitrogens is 3. The monoisotopic (exact) mass is 254 g/mol. The van der Waals surface area contributed by atoms with Crippen LogP contribution in [0.25, 0.3) is 10.3 Å². The van der Waals surface area contributed by atoms with E-state index >= 15 is 0 Å². The van der Waals surface area contributed by atoms with Gasteiger partial charge in [-0.05, 0) is 6.42 Å². The molecule has 0 aliphatic rings. The van der Waals surface area contributed by atoms with Crippen molar-refractivity contribution >= 4 is 38.6 Å². The van der Waals surface area contributed by atoms with Gasteiger partial charge in [-0.25, -0.2) is 15.0 Å². The third-order valence-electron chi connectivity index (χ3n) is 2.12. The topological polar surface area (TPSA) is 64.7 Å². The van der Waals surface area contributed by atoms with Crippen LogP contribution in [0.4, 0.5) is 5.13 Å². The summed E-state index contributed by atoms with van der Waals surface area (Å²) in [5.41, 5.74) is 6.33. The molecule has 0 radical (unpaired) electrons. The zero-order chi connectivity index (χ0) is 11.4. The van der Waals surface area contributed by atoms with Gasteiger partial charge in [-0.1, -0.05) is 42.9 Å². The molecule has 2 rings (SSSR count). The lowest BCUT2D eigenvalue weighted by molar-refractivity contribution is 0.777. The highest BCUT2D eigenvalue weighted by Crippen LogP contribution is 2.23. The van der Waals surface area contributed by atoms with E-state index in [1.54, 1.807) is 18.0 Å². The number of fused-ring (bicyclic) bond motifs is 1. The highest BCUT2D eigenvalue weighted by atomic mass is 32.2. The van der Waals surface area contributed by atoms with Crippen molar-refractivity contribution in [3.05, 3.63) is 6.20 Å². The van der Waals surface area contributed by atoms with Crippen molar-refractivity contribution in [2.75, 3.05) is 11.5 Å². The highest BCUT2D eigenvalue weighted by molar-refractivity contribution is 7.99. The van der Waals surface area contributed by atoms with Crippen molar-refractivity contribution < 1.29 is 0 Å². The van der Waals surface area contributed by atoms with Gasteiger partial charge in [0.25, 0.3) is 0 Å². The second-order valence-corrected chi connectivity index (χ2v) is 5.57. The average molecular weight is 254 g/mol. The summed E-state index contributed by atoms with van der Waals surface area (Å²) in [6.07, 6.45) is 5.52. The smallest absolute Gasteiger partial charge is 0.189 e. The summed E-state index contributed by atoms with van der Waals surface area (Å²) in [7, 11) is 0. The maximum absolute atomic E-state index is 5.61. The van der Waals surface area contributed by atoms with E-state index in [0.717, 1.165) is 21.3 Å². The Hall–Kier alpha value is -0.880. The Balaban J connectivity index is 2.02. The molecule has 0 atom stereocenters. The molecule has 0 unspecified atom stereocenters. The van der Waals surface area contributed by atoms with Crippen molar-refractivity contribution in [3.8, 4) is 0 Å². The molecule has 0 aliphatic carbocycles. The zero-order valence-corrected chi connectivity index (χ0v) is 10.8. The second kappa shape index (κ2) is 5.45. The number of hydrogen-bond donors (Lipinski definition) is 1. The lowest BCUT2D eigenvalue weighted by Gasteiger charge is -1.98. The van der Waals surface area contributed by atoms with Gasteiger partial charge in [0, 0.05) is 5.75 Å². The van der Waals surface area contributed by atoms with E-state index in [0.29, 0.717) is 5.13 Å². The molecule has 0 spiro atoms. The van der Waals surface area contributed by atoms with Crippen molar-refractivity contribution in [1.82, 2.24) is 15.0 Å². The molecule has 2 heterocycles. The lowest BCUT2D eigenvalue weighted by Crippen LogP contribution is -1.88. The minimum atomic E-state index is 0.553. The van der Waals surface area contributed by atoms with E-state index < -0.39 is 0 Å². The van der Waals surface area contributed by atoms with Crippen molar-refractivity contribution in [1.29, 1.82) is 0 Å². The van der Waals surface area contributed by atoms with Gasteiger partial charge in [0.1, 0.15) is 0 Å². The van der Waals surface area contributed by atoms with Crippen molar-refractivity contribution in [2.45, 2.75) is 31.3 Å². The minimum Gasteiger partial charge on any atom is -0.375 e. The first kappa shape index (κ1) is 11.6. The molecule has 2 N–H and O–H groups in total. The number of rotatable bonds is 5. The normalized spacial score (nSPS) is 11.1. The van der Waals surface area contributed by atoms with Crippen LogP contribution >= 0.6 is 23.1 Å². The fourth-order valence-corrected chi connectivity index (χ4v) is 2.78. The number of hydrogen-bond acceptors (Lipinski definition) is 6. The molecule has 0 bridgehead atoms. The summed E-state index contributed by atoms with van der Waals surface area (Å²) in [6.45, 7) is 2.20. The molecule has 0 amide bonds. The Morgan fingerprint density at radius 1 is 1.38 bits per heavy atom. The highest BCUT2D eigenvalue weighted by Gasteiger charge is 2.05. The Bertz CT molecular complexity index is 469. The quantitative estimate of drug-likeness (QED) is 0.505. The van der Waals surface area contributed by atoms with Crippen molar-refractivity contribution in [2.24, 2.45) is 0 Å². The summed E-state index contributed by atoms with van der Waals surface area (Å²) in [4.78, 5) is 12.8. The summed E-state index contributed by atoms with van der Waals surface area (Å²) < 4.78 is 0.954. The van der Waals surface area contributed by atoms with E-state index in [1.807, 2.05) is 0 Å². The van der Waals surface area contributed by atoms with Crippen LogP contribution in [0.2, 0.25) is 0 Å². The summed E-state index contributed by atoms with van der Waals surface area (Å²) in [5.74, 6) is 1.07. The molecule has 0 saturated heterocycles. The first-order chi connectivity index (χ1) is 7.79. The van der Waals surface area contributed by atoms with E-state index in [2.05, 4.69) is 21.9 Å². The molecule has 0 aromatic carbocycles. The van der Waals surface area contributed by atoms with Crippen LogP contribution in [-0.2, 0) is 0 Å². The Labute approximate surface area is 103 Å². The Kier molecular flexibility index (Phi) is 3.95. The van der Waals surface area contributed by atoms with Gasteiger partial charge in [0.05, 0.1) is 10.9 Å². The summed E-state index contributed by atoms with van der Waals surface area (Å²) in [5, 5.41) is 1.35. The molecular weight excluding hydrogens is 240 g/mol. The van der Waals surface area contributed by atoms with E-state index in [9.17, 15) is 0 Å². The fourth-order valence-electron chi connectivity index (χ4n) is 1.32. The molecule has 0 saturated carbocycles. The molecular formula is C10H14N4S2. The number of unbranched alkanes of at least 4 members (excludes halogenated alkanes) is 2. The maximum atomic E-state index is 5.61. The van der Waals surface area contributed by atoms with Gasteiger partial charge < -0.3 is 5.73 Å². The Morgan fingerprint density at radius 3 is 3.06 bits per heavy atom. The fraction of sp³-hybridized carbons (Fsp3) is 0.500. The van der Waals surface area contributed by atoms with E-state index in [1.165, 1.54) is 30.6 Å². The molecule has 6 heteroatoms. The largest absolute Gasteiger partial charge is 0.375 e. The van der Waals surface area contributed by atoms with Crippen LogP contribution in [-0.4, -0.2) is 20.7 Å². The van der Waals surface area contributed by atoms with Crippen LogP contribution in [0.15, 0.2) is 11.4 Å². The lowest BCUT2D eigenvalue weighted by atomic mass is 10.3. The van der Waals surface area contributed by atoms with Crippen LogP contribution < -0.4 is 5.73 Å². The van der Waals surface area contributed by atoms with Crippen LogP contribution in [0.1, 0.15) is 26.2 Å². The predicted octanol–water partition coefficient (Wildman–Crippen LogP) is 2.95.